The van der Waals surface area contributed by atoms with Gasteiger partial charge in [-0.2, -0.15) is 4.98 Å². The van der Waals surface area contributed by atoms with Gasteiger partial charge < -0.3 is 19.6 Å². The molecule has 1 amide bonds. The van der Waals surface area contributed by atoms with Gasteiger partial charge in [-0.15, -0.1) is 0 Å². The van der Waals surface area contributed by atoms with Crippen LogP contribution in [0.3, 0.4) is 0 Å². The Hall–Kier alpha value is -1.47. The number of aromatic nitrogens is 2. The van der Waals surface area contributed by atoms with Gasteiger partial charge in [0, 0.05) is 19.1 Å². The molecule has 116 valence electrons. The van der Waals surface area contributed by atoms with E-state index in [9.17, 15) is 4.79 Å². The van der Waals surface area contributed by atoms with E-state index in [4.69, 9.17) is 4.52 Å². The minimum absolute atomic E-state index is 0.103. The minimum Gasteiger partial charge on any atom is -0.337 e. The lowest BCUT2D eigenvalue weighted by Crippen LogP contribution is -2.42. The average Bonchev–Trinajstić information content (AvgIpc) is 3.09. The van der Waals surface area contributed by atoms with Crippen molar-refractivity contribution in [3.8, 4) is 0 Å². The summed E-state index contributed by atoms with van der Waals surface area (Å²) in [6.07, 6.45) is 3.06. The van der Waals surface area contributed by atoms with Gasteiger partial charge in [0.05, 0.1) is 6.04 Å². The van der Waals surface area contributed by atoms with Gasteiger partial charge in [-0.3, -0.25) is 4.79 Å². The van der Waals surface area contributed by atoms with Crippen LogP contribution >= 0.6 is 0 Å². The molecule has 2 aliphatic heterocycles. The van der Waals surface area contributed by atoms with Gasteiger partial charge in [-0.05, 0) is 46.3 Å². The maximum Gasteiger partial charge on any atom is 0.295 e. The summed E-state index contributed by atoms with van der Waals surface area (Å²) in [7, 11) is 2.09. The summed E-state index contributed by atoms with van der Waals surface area (Å²) >= 11 is 0. The smallest absolute Gasteiger partial charge is 0.295 e. The molecule has 21 heavy (non-hydrogen) atoms. The molecule has 0 radical (unpaired) electrons. The summed E-state index contributed by atoms with van der Waals surface area (Å²) in [5.74, 6) is 0.608. The van der Waals surface area contributed by atoms with E-state index in [1.54, 1.807) is 0 Å². The van der Waals surface area contributed by atoms with Crippen LogP contribution in [0.25, 0.3) is 0 Å². The second-order valence-electron chi connectivity index (χ2n) is 6.07. The summed E-state index contributed by atoms with van der Waals surface area (Å²) in [4.78, 5) is 21.0. The largest absolute Gasteiger partial charge is 0.337 e. The van der Waals surface area contributed by atoms with Crippen molar-refractivity contribution < 1.29 is 9.32 Å². The zero-order chi connectivity index (χ0) is 14.8. The number of likely N-dealkylation sites (N-methyl/N-ethyl adjacent to an activating group) is 1. The standard InChI is InChI=1S/C14H23N5O2/c1-10-9-18(2)7-4-8-19(10)14(20)12-16-13(21-17-12)11-5-3-6-15-11/h10-11,15H,3-9H2,1-2H3. The van der Waals surface area contributed by atoms with Crippen LogP contribution in [0.15, 0.2) is 4.52 Å². The summed E-state index contributed by atoms with van der Waals surface area (Å²) in [6.45, 7) is 5.67. The molecule has 0 aromatic carbocycles. The van der Waals surface area contributed by atoms with Crippen LogP contribution < -0.4 is 5.32 Å². The maximum atomic E-state index is 12.6. The molecule has 7 heteroatoms. The fourth-order valence-electron chi connectivity index (χ4n) is 3.16. The van der Waals surface area contributed by atoms with Gasteiger partial charge in [0.2, 0.25) is 5.89 Å². The average molecular weight is 293 g/mol. The first kappa shape index (κ1) is 14.5. The van der Waals surface area contributed by atoms with E-state index in [1.807, 2.05) is 4.90 Å². The van der Waals surface area contributed by atoms with Gasteiger partial charge in [0.15, 0.2) is 0 Å². The fraction of sp³-hybridized carbons (Fsp3) is 0.786. The Morgan fingerprint density at radius 3 is 3.00 bits per heavy atom. The number of hydrogen-bond donors (Lipinski definition) is 1. The molecule has 3 heterocycles. The molecule has 2 saturated heterocycles. The highest BCUT2D eigenvalue weighted by molar-refractivity contribution is 5.90. The Kier molecular flexibility index (Phi) is 4.21. The Morgan fingerprint density at radius 2 is 2.24 bits per heavy atom. The lowest BCUT2D eigenvalue weighted by atomic mass is 10.2. The predicted molar refractivity (Wildman–Crippen MR) is 76.9 cm³/mol. The molecular formula is C14H23N5O2. The third-order valence-corrected chi connectivity index (χ3v) is 4.30. The van der Waals surface area contributed by atoms with Crippen LogP contribution in [0.4, 0.5) is 0 Å². The predicted octanol–water partition coefficient (Wildman–Crippen LogP) is 0.660. The van der Waals surface area contributed by atoms with E-state index in [2.05, 4.69) is 34.3 Å². The van der Waals surface area contributed by atoms with E-state index in [1.165, 1.54) is 0 Å². The Labute approximate surface area is 124 Å². The molecule has 3 rings (SSSR count). The summed E-state index contributed by atoms with van der Waals surface area (Å²) < 4.78 is 5.27. The third kappa shape index (κ3) is 3.08. The van der Waals surface area contributed by atoms with Crippen molar-refractivity contribution in [3.63, 3.8) is 0 Å². The lowest BCUT2D eigenvalue weighted by molar-refractivity contribution is 0.0680. The molecule has 7 nitrogen and oxygen atoms in total. The van der Waals surface area contributed by atoms with Crippen LogP contribution in [-0.4, -0.2) is 65.1 Å². The van der Waals surface area contributed by atoms with E-state index < -0.39 is 0 Å². The quantitative estimate of drug-likeness (QED) is 0.863. The molecule has 0 aliphatic carbocycles. The van der Waals surface area contributed by atoms with Gasteiger partial charge in [-0.25, -0.2) is 0 Å². The van der Waals surface area contributed by atoms with Gasteiger partial charge >= 0.3 is 0 Å². The Morgan fingerprint density at radius 1 is 1.38 bits per heavy atom. The molecule has 1 aromatic rings. The number of carbonyl (C=O) groups is 1. The highest BCUT2D eigenvalue weighted by Crippen LogP contribution is 2.21. The molecule has 2 atom stereocenters. The molecule has 0 bridgehead atoms. The summed E-state index contributed by atoms with van der Waals surface area (Å²) in [6, 6.07) is 0.267. The minimum atomic E-state index is -0.120. The number of nitrogens with one attached hydrogen (secondary N) is 1. The van der Waals surface area contributed by atoms with E-state index in [0.29, 0.717) is 5.89 Å². The maximum absolute atomic E-state index is 12.6. The van der Waals surface area contributed by atoms with Gasteiger partial charge in [0.1, 0.15) is 0 Å². The van der Waals surface area contributed by atoms with Crippen molar-refractivity contribution in [2.24, 2.45) is 0 Å². The highest BCUT2D eigenvalue weighted by Gasteiger charge is 2.30. The second kappa shape index (κ2) is 6.11. The number of amides is 1. The number of hydrogen-bond acceptors (Lipinski definition) is 6. The topological polar surface area (TPSA) is 74.5 Å². The zero-order valence-electron chi connectivity index (χ0n) is 12.7. The van der Waals surface area contributed by atoms with Crippen molar-refractivity contribution in [2.45, 2.75) is 38.3 Å². The molecule has 2 unspecified atom stereocenters. The molecule has 2 fully saturated rings. The van der Waals surface area contributed by atoms with Crippen LogP contribution in [0.1, 0.15) is 48.7 Å². The second-order valence-corrected chi connectivity index (χ2v) is 6.07. The first-order valence-electron chi connectivity index (χ1n) is 7.71. The first-order valence-corrected chi connectivity index (χ1v) is 7.71. The first-order chi connectivity index (χ1) is 10.1. The monoisotopic (exact) mass is 293 g/mol. The SMILES string of the molecule is CC1CN(C)CCCN1C(=O)c1noc(C2CCCN2)n1. The number of nitrogens with zero attached hydrogens (tertiary/aromatic N) is 4. The van der Waals surface area contributed by atoms with Crippen LogP contribution in [-0.2, 0) is 0 Å². The van der Waals surface area contributed by atoms with Crippen LogP contribution in [0, 0.1) is 0 Å². The van der Waals surface area contributed by atoms with Gasteiger partial charge in [0.25, 0.3) is 11.7 Å². The Balaban J connectivity index is 1.72. The molecule has 1 aromatic heterocycles. The van der Waals surface area contributed by atoms with Crippen molar-refractivity contribution in [2.75, 3.05) is 33.2 Å². The summed E-state index contributed by atoms with van der Waals surface area (Å²) in [5.41, 5.74) is 0. The molecular weight excluding hydrogens is 270 g/mol. The van der Waals surface area contributed by atoms with E-state index >= 15 is 0 Å². The normalized spacial score (nSPS) is 27.8. The zero-order valence-corrected chi connectivity index (χ0v) is 12.7. The fourth-order valence-corrected chi connectivity index (χ4v) is 3.16. The lowest BCUT2D eigenvalue weighted by Gasteiger charge is -2.26. The molecule has 1 N–H and O–H groups in total. The van der Waals surface area contributed by atoms with Crippen LogP contribution in [0.2, 0.25) is 0 Å². The number of carbonyl (C=O) groups excluding carboxylic acids is 1. The van der Waals surface area contributed by atoms with Crippen molar-refractivity contribution in [3.05, 3.63) is 11.7 Å². The third-order valence-electron chi connectivity index (χ3n) is 4.30. The molecule has 0 saturated carbocycles. The van der Waals surface area contributed by atoms with E-state index in [-0.39, 0.29) is 23.8 Å². The van der Waals surface area contributed by atoms with Gasteiger partial charge in [-0.1, -0.05) is 5.16 Å². The van der Waals surface area contributed by atoms with Crippen LogP contribution in [0.5, 0.6) is 0 Å². The Bertz CT molecular complexity index is 497. The highest BCUT2D eigenvalue weighted by atomic mass is 16.5. The molecule has 2 aliphatic rings. The van der Waals surface area contributed by atoms with Crippen molar-refractivity contribution >= 4 is 5.91 Å². The van der Waals surface area contributed by atoms with E-state index in [0.717, 1.165) is 45.4 Å². The summed E-state index contributed by atoms with van der Waals surface area (Å²) in [5, 5.41) is 7.19. The van der Waals surface area contributed by atoms with Crippen molar-refractivity contribution in [1.82, 2.24) is 25.3 Å². The molecule has 0 spiro atoms. The van der Waals surface area contributed by atoms with Crippen molar-refractivity contribution in [1.29, 1.82) is 0 Å². The number of rotatable bonds is 2.